The summed E-state index contributed by atoms with van der Waals surface area (Å²) >= 11 is 0. The van der Waals surface area contributed by atoms with E-state index in [1.54, 1.807) is 13.8 Å². The zero-order valence-electron chi connectivity index (χ0n) is 7.10. The molecule has 0 aromatic heterocycles. The maximum Gasteiger partial charge on any atom is 0.0470 e. The quantitative estimate of drug-likeness (QED) is 0.586. The summed E-state index contributed by atoms with van der Waals surface area (Å²) in [5.74, 6) is -0.547. The number of carboxylic acid groups (broad SMARTS) is 1. The number of carboxylic acids is 1. The summed E-state index contributed by atoms with van der Waals surface area (Å²) in [7, 11) is 0. The van der Waals surface area contributed by atoms with Crippen molar-refractivity contribution < 1.29 is 9.90 Å². The fraction of sp³-hybridized carbons (Fsp3) is 0.875. The Morgan fingerprint density at radius 1 is 1.50 bits per heavy atom. The average molecular weight is 143 g/mol. The van der Waals surface area contributed by atoms with Crippen molar-refractivity contribution in [2.24, 2.45) is 11.3 Å². The molecule has 0 aromatic rings. The molecule has 0 aliphatic carbocycles. The molecule has 0 radical (unpaired) electrons. The lowest BCUT2D eigenvalue weighted by molar-refractivity contribution is -0.318. The molecule has 0 aliphatic heterocycles. The third-order valence-electron chi connectivity index (χ3n) is 1.47. The second kappa shape index (κ2) is 3.04. The minimum Gasteiger partial charge on any atom is -0.550 e. The fourth-order valence-corrected chi connectivity index (χ4v) is 1.10. The van der Waals surface area contributed by atoms with E-state index in [-0.39, 0.29) is 0 Å². The van der Waals surface area contributed by atoms with Crippen LogP contribution in [0.25, 0.3) is 0 Å². The lowest BCUT2D eigenvalue weighted by Gasteiger charge is -2.27. The van der Waals surface area contributed by atoms with Gasteiger partial charge >= 0.3 is 0 Å². The molecule has 0 spiro atoms. The molecule has 2 nitrogen and oxygen atoms in total. The third kappa shape index (κ3) is 2.85. The van der Waals surface area contributed by atoms with E-state index in [1.165, 1.54) is 0 Å². The highest BCUT2D eigenvalue weighted by molar-refractivity contribution is 5.71. The second-order valence-corrected chi connectivity index (χ2v) is 3.77. The van der Waals surface area contributed by atoms with Crippen LogP contribution in [0.1, 0.15) is 34.1 Å². The van der Waals surface area contributed by atoms with Crippen LogP contribution in [0, 0.1) is 11.3 Å². The molecule has 2 heteroatoms. The Morgan fingerprint density at radius 3 is 2.00 bits per heavy atom. The van der Waals surface area contributed by atoms with Gasteiger partial charge in [-0.15, -0.1) is 0 Å². The summed E-state index contributed by atoms with van der Waals surface area (Å²) in [5, 5.41) is 10.4. The fourth-order valence-electron chi connectivity index (χ4n) is 1.10. The van der Waals surface area contributed by atoms with E-state index in [0.717, 1.165) is 0 Å². The smallest absolute Gasteiger partial charge is 0.0470 e. The van der Waals surface area contributed by atoms with Gasteiger partial charge in [-0.05, 0) is 12.3 Å². The number of hydrogen-bond acceptors (Lipinski definition) is 2. The Hall–Kier alpha value is -0.530. The van der Waals surface area contributed by atoms with Crippen molar-refractivity contribution in [3.05, 3.63) is 0 Å². The Morgan fingerprint density at radius 2 is 1.90 bits per heavy atom. The monoisotopic (exact) mass is 143 g/mol. The Balaban J connectivity index is 4.00. The molecule has 0 atom stereocenters. The van der Waals surface area contributed by atoms with E-state index in [0.29, 0.717) is 12.3 Å². The van der Waals surface area contributed by atoms with Crippen LogP contribution in [0.5, 0.6) is 0 Å². The van der Waals surface area contributed by atoms with E-state index in [4.69, 9.17) is 0 Å². The highest BCUT2D eigenvalue weighted by Crippen LogP contribution is 2.23. The molecule has 0 fully saturated rings. The molecule has 0 saturated carbocycles. The summed E-state index contributed by atoms with van der Waals surface area (Å²) in [6.45, 7) is 7.40. The molecule has 0 rings (SSSR count). The predicted molar refractivity (Wildman–Crippen MR) is 38.2 cm³/mol. The number of carbonyl (C=O) groups is 1. The van der Waals surface area contributed by atoms with Crippen molar-refractivity contribution >= 4 is 5.97 Å². The lowest BCUT2D eigenvalue weighted by atomic mass is 9.84. The van der Waals surface area contributed by atoms with Gasteiger partial charge in [-0.2, -0.15) is 0 Å². The molecule has 0 unspecified atom stereocenters. The van der Waals surface area contributed by atoms with Crippen LogP contribution in [0.2, 0.25) is 0 Å². The SMILES string of the molecule is CC(C)CC(C)(C)C(=O)[O-]. The van der Waals surface area contributed by atoms with Crippen molar-refractivity contribution in [3.8, 4) is 0 Å². The largest absolute Gasteiger partial charge is 0.550 e. The van der Waals surface area contributed by atoms with Crippen LogP contribution in [0.4, 0.5) is 0 Å². The van der Waals surface area contributed by atoms with Crippen molar-refractivity contribution in [2.45, 2.75) is 34.1 Å². The second-order valence-electron chi connectivity index (χ2n) is 3.77. The summed E-state index contributed by atoms with van der Waals surface area (Å²) < 4.78 is 0. The van der Waals surface area contributed by atoms with Gasteiger partial charge < -0.3 is 9.90 Å². The molecule has 0 N–H and O–H groups in total. The first-order valence-corrected chi connectivity index (χ1v) is 3.57. The van der Waals surface area contributed by atoms with Gasteiger partial charge in [-0.1, -0.05) is 27.7 Å². The molecule has 0 aliphatic rings. The van der Waals surface area contributed by atoms with Gasteiger partial charge in [0.1, 0.15) is 0 Å². The summed E-state index contributed by atoms with van der Waals surface area (Å²) in [4.78, 5) is 10.4. The van der Waals surface area contributed by atoms with Crippen LogP contribution in [-0.2, 0) is 4.79 Å². The molecule has 60 valence electrons. The molecule has 0 saturated heterocycles. The van der Waals surface area contributed by atoms with Crippen LogP contribution in [0.3, 0.4) is 0 Å². The first-order chi connectivity index (χ1) is 4.36. The molecule has 10 heavy (non-hydrogen) atoms. The Labute approximate surface area is 62.2 Å². The van der Waals surface area contributed by atoms with E-state index in [9.17, 15) is 9.90 Å². The van der Waals surface area contributed by atoms with Gasteiger partial charge in [-0.3, -0.25) is 0 Å². The highest BCUT2D eigenvalue weighted by Gasteiger charge is 2.20. The number of aliphatic carboxylic acids is 1. The van der Waals surface area contributed by atoms with Crippen molar-refractivity contribution in [2.75, 3.05) is 0 Å². The van der Waals surface area contributed by atoms with E-state index in [2.05, 4.69) is 0 Å². The lowest BCUT2D eigenvalue weighted by Crippen LogP contribution is -2.38. The Bertz CT molecular complexity index is 125. The van der Waals surface area contributed by atoms with Crippen LogP contribution >= 0.6 is 0 Å². The van der Waals surface area contributed by atoms with Gasteiger partial charge in [0, 0.05) is 11.4 Å². The van der Waals surface area contributed by atoms with Crippen LogP contribution < -0.4 is 5.11 Å². The van der Waals surface area contributed by atoms with Gasteiger partial charge in [0.2, 0.25) is 0 Å². The highest BCUT2D eigenvalue weighted by atomic mass is 16.4. The minimum atomic E-state index is -0.957. The maximum atomic E-state index is 10.4. The van der Waals surface area contributed by atoms with E-state index < -0.39 is 11.4 Å². The minimum absolute atomic E-state index is 0.410. The zero-order valence-corrected chi connectivity index (χ0v) is 7.10. The maximum absolute atomic E-state index is 10.4. The summed E-state index contributed by atoms with van der Waals surface area (Å²) in [6.07, 6.45) is 0.676. The zero-order chi connectivity index (χ0) is 8.36. The normalized spacial score (nSPS) is 12.1. The molecule has 0 bridgehead atoms. The van der Waals surface area contributed by atoms with Crippen molar-refractivity contribution in [1.82, 2.24) is 0 Å². The van der Waals surface area contributed by atoms with Gasteiger partial charge in [0.15, 0.2) is 0 Å². The van der Waals surface area contributed by atoms with Gasteiger partial charge in [-0.25, -0.2) is 0 Å². The Kier molecular flexibility index (Phi) is 2.88. The average Bonchev–Trinajstić information content (AvgIpc) is 1.60. The topological polar surface area (TPSA) is 40.1 Å². The molecule has 0 amide bonds. The molecular weight excluding hydrogens is 128 g/mol. The van der Waals surface area contributed by atoms with Crippen molar-refractivity contribution in [1.29, 1.82) is 0 Å². The number of hydrogen-bond donors (Lipinski definition) is 0. The van der Waals surface area contributed by atoms with Crippen molar-refractivity contribution in [3.63, 3.8) is 0 Å². The third-order valence-corrected chi connectivity index (χ3v) is 1.47. The van der Waals surface area contributed by atoms with E-state index >= 15 is 0 Å². The first-order valence-electron chi connectivity index (χ1n) is 3.57. The summed E-state index contributed by atoms with van der Waals surface area (Å²) in [5.41, 5.74) is -0.672. The van der Waals surface area contributed by atoms with E-state index in [1.807, 2.05) is 13.8 Å². The first kappa shape index (κ1) is 9.47. The molecule has 0 heterocycles. The standard InChI is InChI=1S/C8H16O2/c1-6(2)5-8(3,4)7(9)10/h6H,5H2,1-4H3,(H,9,10)/p-1. The molecular formula is C8H15O2-. The molecule has 0 aromatic carbocycles. The van der Waals surface area contributed by atoms with Gasteiger partial charge in [0.25, 0.3) is 0 Å². The predicted octanol–water partition coefficient (Wildman–Crippen LogP) is 0.809. The number of carbonyl (C=O) groups excluding carboxylic acids is 1. The van der Waals surface area contributed by atoms with Crippen LogP contribution in [-0.4, -0.2) is 5.97 Å². The number of rotatable bonds is 3. The van der Waals surface area contributed by atoms with Gasteiger partial charge in [0.05, 0.1) is 0 Å². The summed E-state index contributed by atoms with van der Waals surface area (Å²) in [6, 6.07) is 0. The van der Waals surface area contributed by atoms with Crippen LogP contribution in [0.15, 0.2) is 0 Å².